The van der Waals surface area contributed by atoms with Gasteiger partial charge < -0.3 is 4.90 Å². The van der Waals surface area contributed by atoms with Crippen molar-refractivity contribution in [3.05, 3.63) is 35.1 Å². The Hall–Kier alpha value is -1.38. The zero-order chi connectivity index (χ0) is 13.1. The Morgan fingerprint density at radius 3 is 2.89 bits per heavy atom. The summed E-state index contributed by atoms with van der Waals surface area (Å²) in [7, 11) is 0. The topological polar surface area (TPSA) is 20.3 Å². The van der Waals surface area contributed by atoms with Gasteiger partial charge in [-0.3, -0.25) is 4.79 Å². The molecule has 2 rings (SSSR count). The summed E-state index contributed by atoms with van der Waals surface area (Å²) in [6, 6.07) is 4.97. The summed E-state index contributed by atoms with van der Waals surface area (Å²) >= 11 is 0. The summed E-state index contributed by atoms with van der Waals surface area (Å²) in [5.41, 5.74) is 1.78. The van der Waals surface area contributed by atoms with Crippen molar-refractivity contribution >= 4 is 5.91 Å². The zero-order valence-corrected chi connectivity index (χ0v) is 11.1. The van der Waals surface area contributed by atoms with E-state index in [2.05, 4.69) is 6.92 Å². The molecule has 1 aliphatic heterocycles. The van der Waals surface area contributed by atoms with Gasteiger partial charge in [0.1, 0.15) is 5.82 Å². The van der Waals surface area contributed by atoms with E-state index in [4.69, 9.17) is 0 Å². The highest BCUT2D eigenvalue weighted by Crippen LogP contribution is 2.19. The molecule has 0 bridgehead atoms. The first kappa shape index (κ1) is 13.1. The molecular weight excluding hydrogens is 229 g/mol. The lowest BCUT2D eigenvalue weighted by molar-refractivity contribution is -0.133. The number of piperidine rings is 1. The van der Waals surface area contributed by atoms with Crippen molar-refractivity contribution in [1.29, 1.82) is 0 Å². The van der Waals surface area contributed by atoms with E-state index in [1.807, 2.05) is 11.8 Å². The van der Waals surface area contributed by atoms with Crippen LogP contribution in [0.3, 0.4) is 0 Å². The number of hydrogen-bond donors (Lipinski definition) is 0. The number of benzene rings is 1. The minimum Gasteiger partial charge on any atom is -0.340 e. The third-order valence-corrected chi connectivity index (χ3v) is 3.77. The minimum atomic E-state index is -0.241. The molecule has 0 radical (unpaired) electrons. The fraction of sp³-hybridized carbons (Fsp3) is 0.533. The van der Waals surface area contributed by atoms with Crippen LogP contribution in [0.15, 0.2) is 18.2 Å². The number of carbonyl (C=O) groups is 1. The Balaban J connectivity index is 2.06. The van der Waals surface area contributed by atoms with Crippen LogP contribution in [0.5, 0.6) is 0 Å². The van der Waals surface area contributed by atoms with Gasteiger partial charge in [-0.1, -0.05) is 6.07 Å². The first-order valence-electron chi connectivity index (χ1n) is 6.62. The summed E-state index contributed by atoms with van der Waals surface area (Å²) in [4.78, 5) is 14.2. The van der Waals surface area contributed by atoms with Gasteiger partial charge in [0.15, 0.2) is 0 Å². The molecule has 98 valence electrons. The molecule has 0 aromatic heterocycles. The van der Waals surface area contributed by atoms with Crippen LogP contribution in [-0.2, 0) is 11.2 Å². The van der Waals surface area contributed by atoms with E-state index in [0.717, 1.165) is 30.5 Å². The van der Waals surface area contributed by atoms with E-state index < -0.39 is 0 Å². The summed E-state index contributed by atoms with van der Waals surface area (Å²) < 4.78 is 13.0. The van der Waals surface area contributed by atoms with Gasteiger partial charge in [0.2, 0.25) is 5.91 Å². The second-order valence-corrected chi connectivity index (χ2v) is 5.18. The monoisotopic (exact) mass is 249 g/mol. The van der Waals surface area contributed by atoms with Crippen molar-refractivity contribution in [1.82, 2.24) is 4.90 Å². The van der Waals surface area contributed by atoms with E-state index >= 15 is 0 Å². The third kappa shape index (κ3) is 2.89. The van der Waals surface area contributed by atoms with Crippen molar-refractivity contribution < 1.29 is 9.18 Å². The maximum absolute atomic E-state index is 13.0. The lowest BCUT2D eigenvalue weighted by Gasteiger charge is -2.33. The van der Waals surface area contributed by atoms with Crippen LogP contribution >= 0.6 is 0 Å². The van der Waals surface area contributed by atoms with Crippen LogP contribution in [0.4, 0.5) is 4.39 Å². The average molecular weight is 249 g/mol. The van der Waals surface area contributed by atoms with Crippen LogP contribution in [0.2, 0.25) is 0 Å². The SMILES string of the molecule is Cc1cc(F)ccc1CC(=O)N1CCCCC1C. The van der Waals surface area contributed by atoms with E-state index in [9.17, 15) is 9.18 Å². The lowest BCUT2D eigenvalue weighted by atomic mass is 10.0. The third-order valence-electron chi connectivity index (χ3n) is 3.77. The summed E-state index contributed by atoms with van der Waals surface area (Å²) in [5, 5.41) is 0. The first-order chi connectivity index (χ1) is 8.58. The van der Waals surface area contributed by atoms with Crippen LogP contribution in [0.1, 0.15) is 37.3 Å². The highest BCUT2D eigenvalue weighted by Gasteiger charge is 2.23. The molecular formula is C15H20FNO. The molecule has 1 heterocycles. The summed E-state index contributed by atoms with van der Waals surface area (Å²) in [5.74, 6) is -0.0769. The maximum atomic E-state index is 13.0. The largest absolute Gasteiger partial charge is 0.340 e. The molecule has 1 fully saturated rings. The van der Waals surface area contributed by atoms with Gasteiger partial charge in [0.05, 0.1) is 6.42 Å². The van der Waals surface area contributed by atoms with Crippen LogP contribution in [0.25, 0.3) is 0 Å². The standard InChI is InChI=1S/C15H20FNO/c1-11-9-14(16)7-6-13(11)10-15(18)17-8-4-3-5-12(17)2/h6-7,9,12H,3-5,8,10H2,1-2H3. The number of carbonyl (C=O) groups excluding carboxylic acids is 1. The molecule has 3 heteroatoms. The number of halogens is 1. The van der Waals surface area contributed by atoms with Crippen LogP contribution in [-0.4, -0.2) is 23.4 Å². The van der Waals surface area contributed by atoms with E-state index in [-0.39, 0.29) is 11.7 Å². The predicted octanol–water partition coefficient (Wildman–Crippen LogP) is 3.08. The van der Waals surface area contributed by atoms with Gasteiger partial charge in [0.25, 0.3) is 0 Å². The molecule has 1 unspecified atom stereocenters. The van der Waals surface area contributed by atoms with Crippen molar-refractivity contribution in [2.75, 3.05) is 6.54 Å². The lowest BCUT2D eigenvalue weighted by Crippen LogP contribution is -2.42. The zero-order valence-electron chi connectivity index (χ0n) is 11.1. The van der Waals surface area contributed by atoms with Crippen molar-refractivity contribution in [2.24, 2.45) is 0 Å². The summed E-state index contributed by atoms with van der Waals surface area (Å²) in [6.45, 7) is 4.82. The fourth-order valence-corrected chi connectivity index (χ4v) is 2.59. The second-order valence-electron chi connectivity index (χ2n) is 5.18. The molecule has 0 saturated carbocycles. The van der Waals surface area contributed by atoms with Crippen LogP contribution < -0.4 is 0 Å². The number of likely N-dealkylation sites (tertiary alicyclic amines) is 1. The smallest absolute Gasteiger partial charge is 0.227 e. The van der Waals surface area contributed by atoms with Crippen molar-refractivity contribution in [2.45, 2.75) is 45.6 Å². The molecule has 1 aromatic carbocycles. The molecule has 1 saturated heterocycles. The van der Waals surface area contributed by atoms with Crippen molar-refractivity contribution in [3.8, 4) is 0 Å². The van der Waals surface area contributed by atoms with E-state index in [0.29, 0.717) is 12.5 Å². The van der Waals surface area contributed by atoms with Crippen molar-refractivity contribution in [3.63, 3.8) is 0 Å². The van der Waals surface area contributed by atoms with Gasteiger partial charge >= 0.3 is 0 Å². The van der Waals surface area contributed by atoms with Gasteiger partial charge in [0, 0.05) is 12.6 Å². The first-order valence-corrected chi connectivity index (χ1v) is 6.62. The Kier molecular flexibility index (Phi) is 4.00. The van der Waals surface area contributed by atoms with Gasteiger partial charge in [-0.05, 0) is 56.4 Å². The Labute approximate surface area is 108 Å². The number of hydrogen-bond acceptors (Lipinski definition) is 1. The minimum absolute atomic E-state index is 0.164. The normalized spacial score (nSPS) is 19.9. The van der Waals surface area contributed by atoms with Gasteiger partial charge in [-0.2, -0.15) is 0 Å². The fourth-order valence-electron chi connectivity index (χ4n) is 2.59. The molecule has 18 heavy (non-hydrogen) atoms. The Morgan fingerprint density at radius 2 is 2.22 bits per heavy atom. The molecule has 0 N–H and O–H groups in total. The molecule has 2 nitrogen and oxygen atoms in total. The predicted molar refractivity (Wildman–Crippen MR) is 69.9 cm³/mol. The van der Waals surface area contributed by atoms with Gasteiger partial charge in [-0.25, -0.2) is 4.39 Å². The number of amides is 1. The summed E-state index contributed by atoms with van der Waals surface area (Å²) in [6.07, 6.45) is 3.78. The van der Waals surface area contributed by atoms with Gasteiger partial charge in [-0.15, -0.1) is 0 Å². The highest BCUT2D eigenvalue weighted by atomic mass is 19.1. The molecule has 1 aliphatic rings. The van der Waals surface area contributed by atoms with E-state index in [1.54, 1.807) is 6.07 Å². The highest BCUT2D eigenvalue weighted by molar-refractivity contribution is 5.79. The molecule has 1 atom stereocenters. The molecule has 1 amide bonds. The second kappa shape index (κ2) is 5.51. The Bertz CT molecular complexity index is 444. The quantitative estimate of drug-likeness (QED) is 0.788. The number of aryl methyl sites for hydroxylation is 1. The van der Waals surface area contributed by atoms with E-state index in [1.165, 1.54) is 18.6 Å². The molecule has 1 aromatic rings. The average Bonchev–Trinajstić information content (AvgIpc) is 2.33. The van der Waals surface area contributed by atoms with Crippen LogP contribution in [0, 0.1) is 12.7 Å². The number of rotatable bonds is 2. The maximum Gasteiger partial charge on any atom is 0.227 e. The molecule has 0 aliphatic carbocycles. The number of nitrogens with zero attached hydrogens (tertiary/aromatic N) is 1. The molecule has 0 spiro atoms. The Morgan fingerprint density at radius 1 is 1.44 bits per heavy atom.